The predicted molar refractivity (Wildman–Crippen MR) is 82.5 cm³/mol. The number of hydrogen-bond acceptors (Lipinski definition) is 4. The molecule has 0 bridgehead atoms. The van der Waals surface area contributed by atoms with Gasteiger partial charge in [-0.3, -0.25) is 9.59 Å². The highest BCUT2D eigenvalue weighted by Crippen LogP contribution is 2.14. The van der Waals surface area contributed by atoms with Crippen molar-refractivity contribution >= 4 is 18.0 Å². The van der Waals surface area contributed by atoms with Crippen LogP contribution in [0.3, 0.4) is 0 Å². The van der Waals surface area contributed by atoms with E-state index in [1.54, 1.807) is 48.5 Å². The maximum atomic E-state index is 12.0. The topological polar surface area (TPSA) is 105 Å². The van der Waals surface area contributed by atoms with Gasteiger partial charge in [0.2, 0.25) is 5.91 Å². The second kappa shape index (κ2) is 6.98. The summed E-state index contributed by atoms with van der Waals surface area (Å²) in [4.78, 5) is 34.5. The van der Waals surface area contributed by atoms with Crippen LogP contribution in [0.1, 0.15) is 61.3 Å². The number of hydrogen-bond donors (Lipinski definition) is 3. The lowest BCUT2D eigenvalue weighted by molar-refractivity contribution is -0.138. The summed E-state index contributed by atoms with van der Waals surface area (Å²) in [5, 5.41) is 14.1. The summed E-state index contributed by atoms with van der Waals surface area (Å²) < 4.78 is 5.15. The molecule has 0 unspecified atom stereocenters. The molecule has 0 aromatic rings. The van der Waals surface area contributed by atoms with E-state index >= 15 is 0 Å². The molecular formula is C15H28N2O5. The first-order chi connectivity index (χ1) is 9.62. The average molecular weight is 316 g/mol. The van der Waals surface area contributed by atoms with Crippen LogP contribution >= 0.6 is 0 Å². The van der Waals surface area contributed by atoms with E-state index in [1.165, 1.54) is 0 Å². The number of carbonyl (C=O) groups excluding carboxylic acids is 2. The van der Waals surface area contributed by atoms with Crippen LogP contribution in [0.2, 0.25) is 0 Å². The second-order valence-corrected chi connectivity index (χ2v) is 7.69. The fourth-order valence-electron chi connectivity index (χ4n) is 1.87. The highest BCUT2D eigenvalue weighted by atomic mass is 16.6. The molecule has 0 aliphatic heterocycles. The second-order valence-electron chi connectivity index (χ2n) is 7.69. The van der Waals surface area contributed by atoms with E-state index in [1.807, 2.05) is 0 Å². The van der Waals surface area contributed by atoms with Crippen LogP contribution in [-0.2, 0) is 14.3 Å². The molecule has 0 aliphatic carbocycles. The number of amides is 2. The van der Waals surface area contributed by atoms with Gasteiger partial charge >= 0.3 is 12.1 Å². The lowest BCUT2D eigenvalue weighted by Gasteiger charge is -2.30. The van der Waals surface area contributed by atoms with Crippen LogP contribution in [-0.4, -0.2) is 39.8 Å². The Morgan fingerprint density at radius 3 is 1.73 bits per heavy atom. The minimum atomic E-state index is -0.989. The van der Waals surface area contributed by atoms with Gasteiger partial charge in [0.15, 0.2) is 0 Å². The summed E-state index contributed by atoms with van der Waals surface area (Å²) in [5.74, 6) is -1.33. The summed E-state index contributed by atoms with van der Waals surface area (Å²) in [7, 11) is 0. The van der Waals surface area contributed by atoms with Crippen molar-refractivity contribution in [1.82, 2.24) is 10.6 Å². The summed E-state index contributed by atoms with van der Waals surface area (Å²) in [6.45, 7) is 11.9. The first-order valence-corrected chi connectivity index (χ1v) is 7.16. The van der Waals surface area contributed by atoms with Gasteiger partial charge in [-0.05, 0) is 48.5 Å². The first-order valence-electron chi connectivity index (χ1n) is 7.16. The summed E-state index contributed by atoms with van der Waals surface area (Å²) in [6, 6.07) is 0. The largest absolute Gasteiger partial charge is 0.481 e. The SMILES string of the molecule is CC(C)(CC(=O)O)NC(=O)CC(C)(C)NC(=O)OC(C)(C)C. The molecule has 0 saturated carbocycles. The van der Waals surface area contributed by atoms with Crippen molar-refractivity contribution in [3.8, 4) is 0 Å². The van der Waals surface area contributed by atoms with E-state index in [0.717, 1.165) is 0 Å². The summed E-state index contributed by atoms with van der Waals surface area (Å²) in [5.41, 5.74) is -2.29. The van der Waals surface area contributed by atoms with Crippen molar-refractivity contribution in [2.24, 2.45) is 0 Å². The van der Waals surface area contributed by atoms with Crippen LogP contribution in [0.25, 0.3) is 0 Å². The average Bonchev–Trinajstić information content (AvgIpc) is 2.05. The third-order valence-electron chi connectivity index (χ3n) is 2.51. The van der Waals surface area contributed by atoms with Crippen molar-refractivity contribution in [3.63, 3.8) is 0 Å². The van der Waals surface area contributed by atoms with Gasteiger partial charge in [-0.2, -0.15) is 0 Å². The molecular weight excluding hydrogens is 288 g/mol. The molecule has 3 N–H and O–H groups in total. The Kier molecular flexibility index (Phi) is 6.41. The van der Waals surface area contributed by atoms with Gasteiger partial charge in [0.25, 0.3) is 0 Å². The number of carboxylic acids is 1. The van der Waals surface area contributed by atoms with Gasteiger partial charge in [-0.25, -0.2) is 4.79 Å². The number of carboxylic acid groups (broad SMARTS) is 1. The van der Waals surface area contributed by atoms with Gasteiger partial charge in [0.05, 0.1) is 6.42 Å². The molecule has 0 saturated heterocycles. The number of nitrogens with one attached hydrogen (secondary N) is 2. The molecule has 0 fully saturated rings. The van der Waals surface area contributed by atoms with Gasteiger partial charge < -0.3 is 20.5 Å². The summed E-state index contributed by atoms with van der Waals surface area (Å²) >= 11 is 0. The lowest BCUT2D eigenvalue weighted by Crippen LogP contribution is -2.51. The molecule has 0 radical (unpaired) electrons. The zero-order valence-electron chi connectivity index (χ0n) is 14.5. The van der Waals surface area contributed by atoms with E-state index in [0.29, 0.717) is 0 Å². The zero-order chi connectivity index (χ0) is 17.8. The smallest absolute Gasteiger partial charge is 0.408 e. The zero-order valence-corrected chi connectivity index (χ0v) is 14.5. The van der Waals surface area contributed by atoms with Crippen LogP contribution in [0.15, 0.2) is 0 Å². The highest BCUT2D eigenvalue weighted by molar-refractivity contribution is 5.80. The van der Waals surface area contributed by atoms with E-state index in [9.17, 15) is 14.4 Å². The van der Waals surface area contributed by atoms with Crippen molar-refractivity contribution in [1.29, 1.82) is 0 Å². The third-order valence-corrected chi connectivity index (χ3v) is 2.51. The van der Waals surface area contributed by atoms with Gasteiger partial charge in [0.1, 0.15) is 5.60 Å². The van der Waals surface area contributed by atoms with Crippen LogP contribution in [0, 0.1) is 0 Å². The molecule has 0 rings (SSSR count). The summed E-state index contributed by atoms with van der Waals surface area (Å²) in [6.07, 6.45) is -0.774. The Bertz CT molecular complexity index is 436. The Labute approximate surface area is 131 Å². The highest BCUT2D eigenvalue weighted by Gasteiger charge is 2.30. The number of rotatable bonds is 6. The molecule has 0 aromatic heterocycles. The standard InChI is InChI=1S/C15H28N2O5/c1-13(2,3)22-12(21)17-14(4,5)8-10(18)16-15(6,7)9-11(19)20/h8-9H2,1-7H3,(H,16,18)(H,17,21)(H,19,20). The Morgan fingerprint density at radius 1 is 0.864 bits per heavy atom. The lowest BCUT2D eigenvalue weighted by atomic mass is 9.97. The Morgan fingerprint density at radius 2 is 1.32 bits per heavy atom. The maximum Gasteiger partial charge on any atom is 0.408 e. The third kappa shape index (κ3) is 10.0. The molecule has 22 heavy (non-hydrogen) atoms. The van der Waals surface area contributed by atoms with Gasteiger partial charge in [-0.15, -0.1) is 0 Å². The fourth-order valence-corrected chi connectivity index (χ4v) is 1.87. The molecule has 0 atom stereocenters. The molecule has 7 heteroatoms. The number of ether oxygens (including phenoxy) is 1. The Hall–Kier alpha value is -1.79. The first kappa shape index (κ1) is 20.2. The predicted octanol–water partition coefficient (Wildman–Crippen LogP) is 2.05. The molecule has 128 valence electrons. The molecule has 7 nitrogen and oxygen atoms in total. The molecule has 0 aromatic carbocycles. The quantitative estimate of drug-likeness (QED) is 0.695. The maximum absolute atomic E-state index is 12.0. The number of carbonyl (C=O) groups is 3. The van der Waals surface area contributed by atoms with Crippen LogP contribution in [0.5, 0.6) is 0 Å². The van der Waals surface area contributed by atoms with E-state index < -0.39 is 28.7 Å². The van der Waals surface area contributed by atoms with Crippen molar-refractivity contribution in [2.75, 3.05) is 0 Å². The number of aliphatic carboxylic acids is 1. The monoisotopic (exact) mass is 316 g/mol. The van der Waals surface area contributed by atoms with Gasteiger partial charge in [-0.1, -0.05) is 0 Å². The van der Waals surface area contributed by atoms with E-state index in [-0.39, 0.29) is 18.7 Å². The minimum Gasteiger partial charge on any atom is -0.481 e. The van der Waals surface area contributed by atoms with Crippen molar-refractivity contribution in [2.45, 2.75) is 78.0 Å². The fraction of sp³-hybridized carbons (Fsp3) is 0.800. The molecule has 0 aliphatic rings. The molecule has 2 amide bonds. The van der Waals surface area contributed by atoms with E-state index in [4.69, 9.17) is 9.84 Å². The van der Waals surface area contributed by atoms with Crippen LogP contribution < -0.4 is 10.6 Å². The number of alkyl carbamates (subject to hydrolysis) is 1. The van der Waals surface area contributed by atoms with E-state index in [2.05, 4.69) is 10.6 Å². The van der Waals surface area contributed by atoms with Gasteiger partial charge in [0, 0.05) is 17.5 Å². The Balaban J connectivity index is 4.55. The molecule has 0 heterocycles. The van der Waals surface area contributed by atoms with Crippen molar-refractivity contribution in [3.05, 3.63) is 0 Å². The normalized spacial score (nSPS) is 12.5. The minimum absolute atomic E-state index is 0.00922. The molecule has 0 spiro atoms. The van der Waals surface area contributed by atoms with Crippen molar-refractivity contribution < 1.29 is 24.2 Å². The van der Waals surface area contributed by atoms with Crippen LogP contribution in [0.4, 0.5) is 4.79 Å².